The van der Waals surface area contributed by atoms with E-state index in [4.69, 9.17) is 16.2 Å². The molecule has 0 spiro atoms. The zero-order valence-electron chi connectivity index (χ0n) is 15.9. The quantitative estimate of drug-likeness (QED) is 0.623. The Kier molecular flexibility index (Phi) is 4.88. The van der Waals surface area contributed by atoms with Gasteiger partial charge in [0.1, 0.15) is 0 Å². The molecule has 0 radical (unpaired) electrons. The molecule has 25 heavy (non-hydrogen) atoms. The van der Waals surface area contributed by atoms with Crippen molar-refractivity contribution in [3.63, 3.8) is 0 Å². The molecule has 9 atom stereocenters. The number of rotatable bonds is 6. The van der Waals surface area contributed by atoms with Crippen LogP contribution in [0.1, 0.15) is 40.0 Å². The van der Waals surface area contributed by atoms with Gasteiger partial charge < -0.3 is 21.3 Å². The van der Waals surface area contributed by atoms with Crippen LogP contribution in [0.25, 0.3) is 0 Å². The smallest absolute Gasteiger partial charge is 0.0749 e. The van der Waals surface area contributed by atoms with Gasteiger partial charge in [0.2, 0.25) is 0 Å². The number of hydrogen-bond acceptors (Lipinski definition) is 6. The van der Waals surface area contributed by atoms with Crippen LogP contribution in [0.4, 0.5) is 0 Å². The molecule has 4 aliphatic rings. The van der Waals surface area contributed by atoms with Gasteiger partial charge in [0.25, 0.3) is 0 Å². The van der Waals surface area contributed by atoms with Gasteiger partial charge in [-0.3, -0.25) is 9.80 Å². The number of nitrogens with two attached hydrogens (primary N) is 2. The fourth-order valence-corrected chi connectivity index (χ4v) is 6.07. The van der Waals surface area contributed by atoms with Crippen LogP contribution in [0, 0.1) is 11.8 Å². The van der Waals surface area contributed by atoms with Crippen molar-refractivity contribution in [2.75, 3.05) is 19.7 Å². The van der Waals surface area contributed by atoms with Gasteiger partial charge in [0.15, 0.2) is 0 Å². The predicted octanol–water partition coefficient (Wildman–Crippen LogP) is -0.0177. The Morgan fingerprint density at radius 3 is 2.24 bits per heavy atom. The molecule has 2 aliphatic carbocycles. The standard InChI is InChI=1S/C19H36N4O2/c1-10(2)22-8-13-7-15(19(22)17(13)21)25-5-4-11(3)23-9-12-6-14(24)18(23)16(12)20/h10-19,24H,4-9,20-21H2,1-3H3. The summed E-state index contributed by atoms with van der Waals surface area (Å²) >= 11 is 0. The Hall–Kier alpha value is -0.240. The zero-order chi connectivity index (χ0) is 17.9. The van der Waals surface area contributed by atoms with Gasteiger partial charge in [-0.2, -0.15) is 0 Å². The van der Waals surface area contributed by atoms with Gasteiger partial charge in [0.05, 0.1) is 24.3 Å². The highest BCUT2D eigenvalue weighted by Gasteiger charge is 2.53. The summed E-state index contributed by atoms with van der Waals surface area (Å²) in [5.74, 6) is 1.06. The first kappa shape index (κ1) is 18.1. The van der Waals surface area contributed by atoms with Gasteiger partial charge >= 0.3 is 0 Å². The molecular formula is C19H36N4O2. The number of ether oxygens (including phenoxy) is 1. The molecule has 0 amide bonds. The van der Waals surface area contributed by atoms with Crippen LogP contribution in [0.5, 0.6) is 0 Å². The first-order valence-electron chi connectivity index (χ1n) is 10.2. The van der Waals surface area contributed by atoms with E-state index in [1.165, 1.54) is 0 Å². The first-order valence-corrected chi connectivity index (χ1v) is 10.2. The van der Waals surface area contributed by atoms with Crippen LogP contribution in [-0.4, -0.2) is 83.1 Å². The zero-order valence-corrected chi connectivity index (χ0v) is 15.9. The van der Waals surface area contributed by atoms with E-state index in [1.807, 2.05) is 0 Å². The van der Waals surface area contributed by atoms with Crippen LogP contribution < -0.4 is 11.5 Å². The van der Waals surface area contributed by atoms with Gasteiger partial charge in [0, 0.05) is 43.9 Å². The van der Waals surface area contributed by atoms with Crippen LogP contribution in [0.15, 0.2) is 0 Å². The highest BCUT2D eigenvalue weighted by atomic mass is 16.5. The summed E-state index contributed by atoms with van der Waals surface area (Å²) < 4.78 is 6.31. The Morgan fingerprint density at radius 1 is 1.00 bits per heavy atom. The summed E-state index contributed by atoms with van der Waals surface area (Å²) in [6.07, 6.45) is 3.01. The van der Waals surface area contributed by atoms with E-state index in [9.17, 15) is 5.11 Å². The molecule has 2 saturated carbocycles. The molecular weight excluding hydrogens is 316 g/mol. The van der Waals surface area contributed by atoms with Crippen molar-refractivity contribution in [1.82, 2.24) is 9.80 Å². The van der Waals surface area contributed by atoms with Gasteiger partial charge in [-0.05, 0) is 51.9 Å². The van der Waals surface area contributed by atoms with Crippen molar-refractivity contribution in [3.8, 4) is 0 Å². The second kappa shape index (κ2) is 6.73. The molecule has 5 N–H and O–H groups in total. The number of piperidine rings is 2. The second-order valence-electron chi connectivity index (χ2n) is 9.23. The normalized spacial score (nSPS) is 48.1. The van der Waals surface area contributed by atoms with Crippen molar-refractivity contribution in [2.45, 2.75) is 88.5 Å². The van der Waals surface area contributed by atoms with E-state index in [-0.39, 0.29) is 30.3 Å². The van der Waals surface area contributed by atoms with E-state index in [1.54, 1.807) is 0 Å². The summed E-state index contributed by atoms with van der Waals surface area (Å²) in [5.41, 5.74) is 12.7. The largest absolute Gasteiger partial charge is 0.391 e. The van der Waals surface area contributed by atoms with Crippen LogP contribution in [0.2, 0.25) is 0 Å². The van der Waals surface area contributed by atoms with E-state index in [2.05, 4.69) is 30.6 Å². The minimum atomic E-state index is -0.250. The van der Waals surface area contributed by atoms with Crippen molar-refractivity contribution < 1.29 is 9.84 Å². The van der Waals surface area contributed by atoms with E-state index in [0.29, 0.717) is 30.0 Å². The lowest BCUT2D eigenvalue weighted by Gasteiger charge is -2.37. The molecule has 9 unspecified atom stereocenters. The molecule has 2 heterocycles. The number of aliphatic hydroxyl groups is 1. The number of fused-ring (bicyclic) bond motifs is 4. The van der Waals surface area contributed by atoms with Crippen molar-refractivity contribution in [2.24, 2.45) is 23.3 Å². The van der Waals surface area contributed by atoms with E-state index in [0.717, 1.165) is 39.0 Å². The summed E-state index contributed by atoms with van der Waals surface area (Å²) in [7, 11) is 0. The lowest BCUT2D eigenvalue weighted by molar-refractivity contribution is -0.0321. The fourth-order valence-electron chi connectivity index (χ4n) is 6.07. The van der Waals surface area contributed by atoms with Gasteiger partial charge in [-0.1, -0.05) is 0 Å². The summed E-state index contributed by atoms with van der Waals surface area (Å²) in [6.45, 7) is 9.69. The van der Waals surface area contributed by atoms with Crippen LogP contribution in [-0.2, 0) is 4.74 Å². The maximum atomic E-state index is 10.2. The fraction of sp³-hybridized carbons (Fsp3) is 1.00. The number of aliphatic hydroxyl groups excluding tert-OH is 1. The van der Waals surface area contributed by atoms with Crippen LogP contribution in [0.3, 0.4) is 0 Å². The van der Waals surface area contributed by atoms with E-state index < -0.39 is 0 Å². The molecule has 6 nitrogen and oxygen atoms in total. The third-order valence-electron chi connectivity index (χ3n) is 7.49. The highest BCUT2D eigenvalue weighted by Crippen LogP contribution is 2.40. The second-order valence-corrected chi connectivity index (χ2v) is 9.23. The molecule has 2 saturated heterocycles. The molecule has 2 aliphatic heterocycles. The first-order chi connectivity index (χ1) is 11.9. The highest BCUT2D eigenvalue weighted by molar-refractivity contribution is 5.09. The Balaban J connectivity index is 1.27. The average molecular weight is 353 g/mol. The minimum absolute atomic E-state index is 0.140. The molecule has 4 bridgehead atoms. The maximum Gasteiger partial charge on any atom is 0.0749 e. The topological polar surface area (TPSA) is 88.0 Å². The van der Waals surface area contributed by atoms with Crippen molar-refractivity contribution >= 4 is 0 Å². The van der Waals surface area contributed by atoms with E-state index >= 15 is 0 Å². The van der Waals surface area contributed by atoms with Crippen molar-refractivity contribution in [3.05, 3.63) is 0 Å². The summed E-state index contributed by atoms with van der Waals surface area (Å²) in [5, 5.41) is 10.2. The Labute approximate surface area is 151 Å². The summed E-state index contributed by atoms with van der Waals surface area (Å²) in [4.78, 5) is 4.95. The lowest BCUT2D eigenvalue weighted by atomic mass is 10.0. The Morgan fingerprint density at radius 2 is 1.64 bits per heavy atom. The van der Waals surface area contributed by atoms with Crippen molar-refractivity contribution in [1.29, 1.82) is 0 Å². The average Bonchev–Trinajstić information content (AvgIpc) is 3.24. The molecule has 4 rings (SSSR count). The number of nitrogens with zero attached hydrogens (tertiary/aromatic N) is 2. The molecule has 6 heteroatoms. The van der Waals surface area contributed by atoms with Crippen LogP contribution >= 0.6 is 0 Å². The molecule has 0 aromatic carbocycles. The number of hydrogen-bond donors (Lipinski definition) is 3. The predicted molar refractivity (Wildman–Crippen MR) is 98.1 cm³/mol. The SMILES string of the molecule is CC(C)N1CC2CC(OCCC(C)N3CC4CC(O)C3C4N)C1C2N. The number of likely N-dealkylation sites (tertiary alicyclic amines) is 2. The minimum Gasteiger partial charge on any atom is -0.391 e. The molecule has 4 fully saturated rings. The van der Waals surface area contributed by atoms with Gasteiger partial charge in [-0.25, -0.2) is 0 Å². The summed E-state index contributed by atoms with van der Waals surface area (Å²) in [6, 6.07) is 1.89. The molecule has 0 aromatic rings. The molecule has 0 aromatic heterocycles. The third kappa shape index (κ3) is 2.95. The monoisotopic (exact) mass is 352 g/mol. The Bertz CT molecular complexity index is 490. The lowest BCUT2D eigenvalue weighted by Crippen LogP contribution is -2.50. The third-order valence-corrected chi connectivity index (χ3v) is 7.49. The van der Waals surface area contributed by atoms with Gasteiger partial charge in [-0.15, -0.1) is 0 Å². The molecule has 144 valence electrons. The maximum absolute atomic E-state index is 10.2.